The first-order chi connectivity index (χ1) is 8.74. The summed E-state index contributed by atoms with van der Waals surface area (Å²) in [5.41, 5.74) is 0. The van der Waals surface area contributed by atoms with E-state index in [1.54, 1.807) is 18.2 Å². The molecule has 0 heterocycles. The molecule has 1 amide bonds. The fourth-order valence-electron chi connectivity index (χ4n) is 1.39. The molecule has 0 fully saturated rings. The fourth-order valence-corrected chi connectivity index (χ4v) is 1.39. The van der Waals surface area contributed by atoms with Gasteiger partial charge in [-0.15, -0.1) is 12.4 Å². The van der Waals surface area contributed by atoms with Crippen LogP contribution in [0, 0.1) is 5.82 Å². The molecule has 0 bridgehead atoms. The van der Waals surface area contributed by atoms with E-state index in [9.17, 15) is 9.18 Å². The largest absolute Gasteiger partial charge is 0.491 e. The Kier molecular flexibility index (Phi) is 9.84. The highest BCUT2D eigenvalue weighted by atomic mass is 35.5. The Bertz CT molecular complexity index is 377. The van der Waals surface area contributed by atoms with Crippen molar-refractivity contribution < 1.29 is 13.9 Å². The summed E-state index contributed by atoms with van der Waals surface area (Å²) in [6, 6.07) is 6.24. The lowest BCUT2D eigenvalue weighted by atomic mass is 10.3. The first-order valence-corrected chi connectivity index (χ1v) is 6.02. The van der Waals surface area contributed by atoms with E-state index in [2.05, 4.69) is 10.6 Å². The summed E-state index contributed by atoms with van der Waals surface area (Å²) in [6.45, 7) is 1.70. The van der Waals surface area contributed by atoms with Gasteiger partial charge in [0.15, 0.2) is 11.6 Å². The smallest absolute Gasteiger partial charge is 0.220 e. The van der Waals surface area contributed by atoms with E-state index in [0.717, 1.165) is 6.54 Å². The topological polar surface area (TPSA) is 50.4 Å². The van der Waals surface area contributed by atoms with Crippen LogP contribution in [0.2, 0.25) is 0 Å². The Labute approximate surface area is 119 Å². The van der Waals surface area contributed by atoms with Gasteiger partial charge in [-0.2, -0.15) is 0 Å². The first kappa shape index (κ1) is 17.7. The van der Waals surface area contributed by atoms with Crippen LogP contribution in [0.4, 0.5) is 4.39 Å². The van der Waals surface area contributed by atoms with E-state index in [0.29, 0.717) is 26.0 Å². The van der Waals surface area contributed by atoms with Crippen molar-refractivity contribution in [3.63, 3.8) is 0 Å². The lowest BCUT2D eigenvalue weighted by Gasteiger charge is -2.07. The molecule has 0 aliphatic rings. The standard InChI is InChI=1S/C13H19FN2O2.ClH/c1-15-8-9-16-13(17)7-4-10-18-12-6-3-2-5-11(12)14;/h2-3,5-6,15H,4,7-10H2,1H3,(H,16,17);1H. The lowest BCUT2D eigenvalue weighted by molar-refractivity contribution is -0.121. The molecule has 6 heteroatoms. The predicted octanol–water partition coefficient (Wildman–Crippen LogP) is 1.74. The minimum Gasteiger partial charge on any atom is -0.491 e. The van der Waals surface area contributed by atoms with Crippen LogP contribution in [-0.4, -0.2) is 32.7 Å². The van der Waals surface area contributed by atoms with Gasteiger partial charge >= 0.3 is 0 Å². The Morgan fingerprint density at radius 3 is 2.74 bits per heavy atom. The van der Waals surface area contributed by atoms with Crippen molar-refractivity contribution in [1.82, 2.24) is 10.6 Å². The summed E-state index contributed by atoms with van der Waals surface area (Å²) >= 11 is 0. The number of carbonyl (C=O) groups is 1. The quantitative estimate of drug-likeness (QED) is 0.717. The van der Waals surface area contributed by atoms with Crippen LogP contribution in [0.25, 0.3) is 0 Å². The van der Waals surface area contributed by atoms with E-state index in [4.69, 9.17) is 4.74 Å². The van der Waals surface area contributed by atoms with Crippen LogP contribution in [-0.2, 0) is 4.79 Å². The van der Waals surface area contributed by atoms with Gasteiger partial charge in [0.2, 0.25) is 5.91 Å². The van der Waals surface area contributed by atoms with Crippen molar-refractivity contribution in [2.45, 2.75) is 12.8 Å². The molecule has 0 atom stereocenters. The summed E-state index contributed by atoms with van der Waals surface area (Å²) in [7, 11) is 1.83. The van der Waals surface area contributed by atoms with E-state index >= 15 is 0 Å². The number of hydrogen-bond acceptors (Lipinski definition) is 3. The Morgan fingerprint density at radius 1 is 1.32 bits per heavy atom. The third kappa shape index (κ3) is 7.64. The number of halogens is 2. The van der Waals surface area contributed by atoms with E-state index in [-0.39, 0.29) is 29.9 Å². The maximum atomic E-state index is 13.2. The number of rotatable bonds is 8. The third-order valence-corrected chi connectivity index (χ3v) is 2.34. The fraction of sp³-hybridized carbons (Fsp3) is 0.462. The molecule has 0 unspecified atom stereocenters. The summed E-state index contributed by atoms with van der Waals surface area (Å²) in [5, 5.41) is 5.70. The second-order valence-corrected chi connectivity index (χ2v) is 3.84. The monoisotopic (exact) mass is 290 g/mol. The molecule has 1 aromatic carbocycles. The first-order valence-electron chi connectivity index (χ1n) is 6.02. The highest BCUT2D eigenvalue weighted by Gasteiger charge is 2.03. The van der Waals surface area contributed by atoms with Crippen molar-refractivity contribution >= 4 is 18.3 Å². The van der Waals surface area contributed by atoms with Gasteiger partial charge in [0.1, 0.15) is 0 Å². The molecule has 0 aliphatic carbocycles. The molecule has 0 saturated heterocycles. The molecule has 0 aromatic heterocycles. The van der Waals surface area contributed by atoms with Crippen molar-refractivity contribution in [1.29, 1.82) is 0 Å². The molecule has 2 N–H and O–H groups in total. The van der Waals surface area contributed by atoms with Gasteiger partial charge in [-0.05, 0) is 25.6 Å². The number of ether oxygens (including phenoxy) is 1. The van der Waals surface area contributed by atoms with Crippen molar-refractivity contribution in [3.8, 4) is 5.75 Å². The van der Waals surface area contributed by atoms with Gasteiger partial charge in [-0.1, -0.05) is 12.1 Å². The van der Waals surface area contributed by atoms with Crippen LogP contribution in [0.15, 0.2) is 24.3 Å². The molecule has 1 rings (SSSR count). The molecular formula is C13H20ClFN2O2. The van der Waals surface area contributed by atoms with Gasteiger partial charge < -0.3 is 15.4 Å². The number of carbonyl (C=O) groups excluding carboxylic acids is 1. The second kappa shape index (κ2) is 10.6. The normalized spacial score (nSPS) is 9.58. The summed E-state index contributed by atoms with van der Waals surface area (Å²) in [5.74, 6) is -0.161. The van der Waals surface area contributed by atoms with Gasteiger partial charge in [-0.25, -0.2) is 4.39 Å². The van der Waals surface area contributed by atoms with Crippen molar-refractivity contribution in [2.75, 3.05) is 26.7 Å². The number of hydrogen-bond donors (Lipinski definition) is 2. The third-order valence-electron chi connectivity index (χ3n) is 2.34. The number of amides is 1. The van der Waals surface area contributed by atoms with Crippen LogP contribution >= 0.6 is 12.4 Å². The van der Waals surface area contributed by atoms with Crippen molar-refractivity contribution in [2.24, 2.45) is 0 Å². The zero-order chi connectivity index (χ0) is 13.2. The Hall–Kier alpha value is -1.33. The average molecular weight is 291 g/mol. The van der Waals surface area contributed by atoms with E-state index in [1.165, 1.54) is 6.07 Å². The maximum absolute atomic E-state index is 13.2. The number of likely N-dealkylation sites (N-methyl/N-ethyl adjacent to an activating group) is 1. The van der Waals surface area contributed by atoms with Crippen LogP contribution in [0.1, 0.15) is 12.8 Å². The minimum absolute atomic E-state index is 0. The Balaban J connectivity index is 0.00000324. The van der Waals surface area contributed by atoms with Crippen LogP contribution in [0.3, 0.4) is 0 Å². The molecule has 0 aliphatic heterocycles. The SMILES string of the molecule is CNCCNC(=O)CCCOc1ccccc1F.Cl. The van der Waals surface area contributed by atoms with Crippen LogP contribution < -0.4 is 15.4 Å². The highest BCUT2D eigenvalue weighted by molar-refractivity contribution is 5.85. The van der Waals surface area contributed by atoms with Gasteiger partial charge in [0, 0.05) is 19.5 Å². The zero-order valence-electron chi connectivity index (χ0n) is 10.9. The molecule has 1 aromatic rings. The highest BCUT2D eigenvalue weighted by Crippen LogP contribution is 2.15. The van der Waals surface area contributed by atoms with Crippen LogP contribution in [0.5, 0.6) is 5.75 Å². The van der Waals surface area contributed by atoms with Gasteiger partial charge in [0.25, 0.3) is 0 Å². The Morgan fingerprint density at radius 2 is 2.05 bits per heavy atom. The van der Waals surface area contributed by atoms with E-state index < -0.39 is 0 Å². The number of para-hydroxylation sites is 1. The second-order valence-electron chi connectivity index (χ2n) is 3.84. The van der Waals surface area contributed by atoms with Crippen molar-refractivity contribution in [3.05, 3.63) is 30.1 Å². The van der Waals surface area contributed by atoms with E-state index in [1.807, 2.05) is 7.05 Å². The van der Waals surface area contributed by atoms with Gasteiger partial charge in [-0.3, -0.25) is 4.79 Å². The predicted molar refractivity (Wildman–Crippen MR) is 75.3 cm³/mol. The maximum Gasteiger partial charge on any atom is 0.220 e. The number of benzene rings is 1. The molecule has 0 saturated carbocycles. The summed E-state index contributed by atoms with van der Waals surface area (Å²) in [4.78, 5) is 11.3. The molecule has 0 radical (unpaired) electrons. The lowest BCUT2D eigenvalue weighted by Crippen LogP contribution is -2.30. The minimum atomic E-state index is -0.379. The zero-order valence-corrected chi connectivity index (χ0v) is 11.8. The summed E-state index contributed by atoms with van der Waals surface area (Å²) < 4.78 is 18.4. The molecular weight excluding hydrogens is 271 g/mol. The average Bonchev–Trinajstić information content (AvgIpc) is 2.37. The molecule has 108 valence electrons. The number of nitrogens with one attached hydrogen (secondary N) is 2. The molecule has 4 nitrogen and oxygen atoms in total. The molecule has 0 spiro atoms. The molecule has 19 heavy (non-hydrogen) atoms. The van der Waals surface area contributed by atoms with Gasteiger partial charge in [0.05, 0.1) is 6.61 Å². The summed E-state index contributed by atoms with van der Waals surface area (Å²) in [6.07, 6.45) is 0.956.